The first-order chi connectivity index (χ1) is 13.7. The number of rotatable bonds is 9. The number of hydrogen-bond acceptors (Lipinski definition) is 5. The molecule has 0 bridgehead atoms. The van der Waals surface area contributed by atoms with E-state index in [0.29, 0.717) is 6.61 Å². The summed E-state index contributed by atoms with van der Waals surface area (Å²) in [5.74, 6) is -1.93. The molecule has 2 N–H and O–H groups in total. The molecule has 162 valence electrons. The molecule has 10 heteroatoms. The van der Waals surface area contributed by atoms with Gasteiger partial charge in [0.1, 0.15) is 18.0 Å². The zero-order valence-corrected chi connectivity index (χ0v) is 16.1. The molecule has 1 aromatic carbocycles. The summed E-state index contributed by atoms with van der Waals surface area (Å²) < 4.78 is 47.9. The van der Waals surface area contributed by atoms with Crippen LogP contribution in [-0.2, 0) is 4.79 Å². The topological polar surface area (TPSA) is 88.1 Å². The number of ether oxygens (including phenoxy) is 2. The zero-order chi connectivity index (χ0) is 21.4. The molecule has 7 nitrogen and oxygen atoms in total. The van der Waals surface area contributed by atoms with Gasteiger partial charge in [0.05, 0.1) is 12.2 Å². The number of hydrogen-bond donors (Lipinski definition) is 2. The average molecular weight is 418 g/mol. The van der Waals surface area contributed by atoms with E-state index in [4.69, 9.17) is 9.47 Å². The Kier molecular flexibility index (Phi) is 8.12. The Morgan fingerprint density at radius 3 is 2.62 bits per heavy atom. The lowest BCUT2D eigenvalue weighted by atomic mass is 10.0. The highest BCUT2D eigenvalue weighted by atomic mass is 19.4. The summed E-state index contributed by atoms with van der Waals surface area (Å²) in [6.07, 6.45) is -1.85. The number of alkyl halides is 3. The first-order valence-corrected chi connectivity index (χ1v) is 9.40. The Balaban J connectivity index is 2.29. The highest BCUT2D eigenvalue weighted by Gasteiger charge is 2.31. The fourth-order valence-corrected chi connectivity index (χ4v) is 3.12. The maximum absolute atomic E-state index is 13.1. The second kappa shape index (κ2) is 10.3. The molecule has 1 fully saturated rings. The van der Waals surface area contributed by atoms with Gasteiger partial charge in [-0.1, -0.05) is 6.42 Å². The Bertz CT molecular complexity index is 706. The van der Waals surface area contributed by atoms with E-state index in [1.807, 2.05) is 0 Å². The van der Waals surface area contributed by atoms with Gasteiger partial charge in [0, 0.05) is 12.6 Å². The van der Waals surface area contributed by atoms with E-state index in [-0.39, 0.29) is 29.6 Å². The number of amides is 1. The number of nitrogens with zero attached hydrogens (tertiary/aromatic N) is 1. The van der Waals surface area contributed by atoms with Gasteiger partial charge in [0.25, 0.3) is 5.91 Å². The Morgan fingerprint density at radius 1 is 1.28 bits per heavy atom. The number of carbonyl (C=O) groups is 2. The van der Waals surface area contributed by atoms with Crippen molar-refractivity contribution in [2.24, 2.45) is 0 Å². The minimum atomic E-state index is -4.58. The first kappa shape index (κ1) is 22.8. The van der Waals surface area contributed by atoms with Crippen LogP contribution >= 0.6 is 0 Å². The molecule has 1 saturated heterocycles. The third-order valence-electron chi connectivity index (χ3n) is 4.35. The monoisotopic (exact) mass is 418 g/mol. The number of halogens is 3. The summed E-state index contributed by atoms with van der Waals surface area (Å²) in [5.41, 5.74) is -0.169. The van der Waals surface area contributed by atoms with Crippen LogP contribution in [0.25, 0.3) is 0 Å². The smallest absolute Gasteiger partial charge is 0.422 e. The van der Waals surface area contributed by atoms with Crippen LogP contribution in [0.1, 0.15) is 36.5 Å². The maximum atomic E-state index is 13.1. The van der Waals surface area contributed by atoms with Crippen molar-refractivity contribution in [1.29, 1.82) is 0 Å². The van der Waals surface area contributed by atoms with Gasteiger partial charge >= 0.3 is 12.1 Å². The van der Waals surface area contributed by atoms with Gasteiger partial charge in [-0.15, -0.1) is 0 Å². The quantitative estimate of drug-likeness (QED) is 0.641. The fraction of sp³-hybridized carbons (Fsp3) is 0.579. The van der Waals surface area contributed by atoms with Crippen LogP contribution in [0.3, 0.4) is 0 Å². The van der Waals surface area contributed by atoms with Crippen LogP contribution in [0.15, 0.2) is 18.2 Å². The average Bonchev–Trinajstić information content (AvgIpc) is 2.66. The van der Waals surface area contributed by atoms with Crippen molar-refractivity contribution < 1.29 is 37.3 Å². The number of carboxylic acids is 1. The Hall–Kier alpha value is -2.49. The summed E-state index contributed by atoms with van der Waals surface area (Å²) >= 11 is 0. The second-order valence-corrected chi connectivity index (χ2v) is 6.72. The van der Waals surface area contributed by atoms with Crippen molar-refractivity contribution in [2.75, 3.05) is 32.8 Å². The predicted octanol–water partition coefficient (Wildman–Crippen LogP) is 2.70. The largest absolute Gasteiger partial charge is 0.494 e. The third-order valence-corrected chi connectivity index (χ3v) is 4.35. The van der Waals surface area contributed by atoms with Crippen LogP contribution < -0.4 is 14.8 Å². The Labute approximate surface area is 166 Å². The maximum Gasteiger partial charge on any atom is 0.422 e. The molecule has 1 aromatic rings. The van der Waals surface area contributed by atoms with E-state index < -0.39 is 31.2 Å². The molecular formula is C19H25F3N2O5. The molecule has 0 spiro atoms. The van der Waals surface area contributed by atoms with Crippen molar-refractivity contribution in [1.82, 2.24) is 10.2 Å². The van der Waals surface area contributed by atoms with E-state index in [1.165, 1.54) is 18.2 Å². The predicted molar refractivity (Wildman–Crippen MR) is 98.3 cm³/mol. The van der Waals surface area contributed by atoms with E-state index >= 15 is 0 Å². The van der Waals surface area contributed by atoms with Gasteiger partial charge in [-0.3, -0.25) is 9.59 Å². The minimum Gasteiger partial charge on any atom is -0.494 e. The molecular weight excluding hydrogens is 393 g/mol. The van der Waals surface area contributed by atoms with Gasteiger partial charge in [-0.2, -0.15) is 13.2 Å². The van der Waals surface area contributed by atoms with Crippen LogP contribution in [0.4, 0.5) is 13.2 Å². The van der Waals surface area contributed by atoms with Gasteiger partial charge in [0.2, 0.25) is 0 Å². The van der Waals surface area contributed by atoms with Gasteiger partial charge in [-0.05, 0) is 44.5 Å². The number of carbonyl (C=O) groups excluding carboxylic acids is 1. The summed E-state index contributed by atoms with van der Waals surface area (Å²) in [5, 5.41) is 12.4. The molecule has 0 aromatic heterocycles. The number of nitrogens with one attached hydrogen (secondary N) is 1. The van der Waals surface area contributed by atoms with E-state index in [2.05, 4.69) is 5.32 Å². The zero-order valence-electron chi connectivity index (χ0n) is 16.1. The van der Waals surface area contributed by atoms with Crippen LogP contribution in [0.5, 0.6) is 11.5 Å². The van der Waals surface area contributed by atoms with E-state index in [9.17, 15) is 27.9 Å². The number of piperidine rings is 1. The molecule has 1 aliphatic rings. The highest BCUT2D eigenvalue weighted by molar-refractivity contribution is 5.98. The fourth-order valence-electron chi connectivity index (χ4n) is 3.12. The lowest BCUT2D eigenvalue weighted by Gasteiger charge is -2.30. The van der Waals surface area contributed by atoms with Crippen molar-refractivity contribution in [3.63, 3.8) is 0 Å². The van der Waals surface area contributed by atoms with Crippen molar-refractivity contribution in [3.05, 3.63) is 23.8 Å². The SMILES string of the molecule is CCOc1ccc(OCC(F)(F)F)c(C(=O)N(CC(=O)O)CC2CCCCN2)c1. The molecule has 0 radical (unpaired) electrons. The summed E-state index contributed by atoms with van der Waals surface area (Å²) in [4.78, 5) is 25.5. The highest BCUT2D eigenvalue weighted by Crippen LogP contribution is 2.28. The van der Waals surface area contributed by atoms with E-state index in [0.717, 1.165) is 30.7 Å². The Morgan fingerprint density at radius 2 is 2.03 bits per heavy atom. The minimum absolute atomic E-state index is 0.0818. The van der Waals surface area contributed by atoms with Crippen LogP contribution in [-0.4, -0.2) is 66.9 Å². The standard InChI is InChI=1S/C19H25F3N2O5/c1-2-28-14-6-7-16(29-12-19(20,21)22)15(9-14)18(27)24(11-17(25)26)10-13-5-3-4-8-23-13/h6-7,9,13,23H,2-5,8,10-12H2,1H3,(H,25,26). The molecule has 1 aliphatic heterocycles. The number of aliphatic carboxylic acids is 1. The molecule has 2 rings (SSSR count). The molecule has 1 unspecified atom stereocenters. The van der Waals surface area contributed by atoms with Crippen molar-refractivity contribution in [3.8, 4) is 11.5 Å². The normalized spacial score (nSPS) is 16.9. The van der Waals surface area contributed by atoms with Crippen molar-refractivity contribution in [2.45, 2.75) is 38.4 Å². The van der Waals surface area contributed by atoms with Crippen LogP contribution in [0.2, 0.25) is 0 Å². The first-order valence-electron chi connectivity index (χ1n) is 9.40. The van der Waals surface area contributed by atoms with Gasteiger partial charge in [-0.25, -0.2) is 0 Å². The summed E-state index contributed by atoms with van der Waals surface area (Å²) in [6, 6.07) is 3.82. The van der Waals surface area contributed by atoms with E-state index in [1.54, 1.807) is 6.92 Å². The van der Waals surface area contributed by atoms with Crippen molar-refractivity contribution >= 4 is 11.9 Å². The summed E-state index contributed by atoms with van der Waals surface area (Å²) in [7, 11) is 0. The van der Waals surface area contributed by atoms with Gasteiger partial charge < -0.3 is 24.8 Å². The lowest BCUT2D eigenvalue weighted by Crippen LogP contribution is -2.47. The molecule has 0 aliphatic carbocycles. The second-order valence-electron chi connectivity index (χ2n) is 6.72. The molecule has 1 amide bonds. The van der Waals surface area contributed by atoms with Gasteiger partial charge in [0.15, 0.2) is 6.61 Å². The molecule has 1 heterocycles. The molecule has 29 heavy (non-hydrogen) atoms. The lowest BCUT2D eigenvalue weighted by molar-refractivity contribution is -0.153. The molecule has 1 atom stereocenters. The molecule has 0 saturated carbocycles. The number of carboxylic acid groups (broad SMARTS) is 1. The van der Waals surface area contributed by atoms with Crippen LogP contribution in [0, 0.1) is 0 Å². The summed E-state index contributed by atoms with van der Waals surface area (Å²) in [6.45, 7) is 0.767. The third kappa shape index (κ3) is 7.45. The number of benzene rings is 1.